The molecule has 1 aromatic heterocycles. The summed E-state index contributed by atoms with van der Waals surface area (Å²) in [7, 11) is 0. The summed E-state index contributed by atoms with van der Waals surface area (Å²) in [4.78, 5) is 0. The Morgan fingerprint density at radius 1 is 1.22 bits per heavy atom. The van der Waals surface area contributed by atoms with Gasteiger partial charge in [0.25, 0.3) is 0 Å². The van der Waals surface area contributed by atoms with Gasteiger partial charge in [-0.25, -0.2) is 4.68 Å². The summed E-state index contributed by atoms with van der Waals surface area (Å²) in [6, 6.07) is 6.36. The van der Waals surface area contributed by atoms with Crippen LogP contribution in [0.3, 0.4) is 0 Å². The monoisotopic (exact) mass is 244 g/mol. The number of benzene rings is 1. The Morgan fingerprint density at radius 3 is 2.61 bits per heavy atom. The van der Waals surface area contributed by atoms with E-state index < -0.39 is 0 Å². The fourth-order valence-corrected chi connectivity index (χ4v) is 2.01. The molecule has 1 aromatic carbocycles. The summed E-state index contributed by atoms with van der Waals surface area (Å²) in [6.45, 7) is 8.88. The predicted octanol–water partition coefficient (Wildman–Crippen LogP) is 2.05. The summed E-state index contributed by atoms with van der Waals surface area (Å²) in [5.74, 6) is 0. The van der Waals surface area contributed by atoms with Crippen molar-refractivity contribution < 1.29 is 0 Å². The van der Waals surface area contributed by atoms with Crippen LogP contribution < -0.4 is 5.32 Å². The SMILES string of the molecule is CCNCc1cn(Cc2c(C)cccc2C)nn1. The molecule has 1 N–H and O–H groups in total. The van der Waals surface area contributed by atoms with Crippen molar-refractivity contribution in [2.24, 2.45) is 0 Å². The Bertz CT molecular complexity index is 496. The van der Waals surface area contributed by atoms with Gasteiger partial charge in [0, 0.05) is 6.54 Å². The predicted molar refractivity (Wildman–Crippen MR) is 72.4 cm³/mol. The lowest BCUT2D eigenvalue weighted by molar-refractivity contribution is 0.643. The van der Waals surface area contributed by atoms with Gasteiger partial charge in [0.1, 0.15) is 0 Å². The van der Waals surface area contributed by atoms with E-state index >= 15 is 0 Å². The van der Waals surface area contributed by atoms with Crippen LogP contribution in [-0.2, 0) is 13.1 Å². The van der Waals surface area contributed by atoms with Gasteiger partial charge < -0.3 is 5.32 Å². The Morgan fingerprint density at radius 2 is 1.94 bits per heavy atom. The highest BCUT2D eigenvalue weighted by molar-refractivity contribution is 5.33. The van der Waals surface area contributed by atoms with Crippen LogP contribution in [0.4, 0.5) is 0 Å². The van der Waals surface area contributed by atoms with Crippen molar-refractivity contribution in [3.8, 4) is 0 Å². The second-order valence-electron chi connectivity index (χ2n) is 4.56. The first-order valence-corrected chi connectivity index (χ1v) is 6.35. The lowest BCUT2D eigenvalue weighted by Crippen LogP contribution is -2.11. The maximum Gasteiger partial charge on any atom is 0.0964 e. The third-order valence-corrected chi connectivity index (χ3v) is 3.11. The molecule has 18 heavy (non-hydrogen) atoms. The maximum absolute atomic E-state index is 4.17. The molecule has 2 aromatic rings. The number of nitrogens with zero attached hydrogens (tertiary/aromatic N) is 3. The van der Waals surface area contributed by atoms with Gasteiger partial charge in [0.15, 0.2) is 0 Å². The molecule has 4 nitrogen and oxygen atoms in total. The minimum atomic E-state index is 0.781. The molecule has 0 unspecified atom stereocenters. The summed E-state index contributed by atoms with van der Waals surface area (Å²) in [5.41, 5.74) is 4.93. The van der Waals surface area contributed by atoms with Gasteiger partial charge in [0.05, 0.1) is 18.4 Å². The van der Waals surface area contributed by atoms with Crippen molar-refractivity contribution in [2.45, 2.75) is 33.9 Å². The van der Waals surface area contributed by atoms with Crippen LogP contribution in [0.1, 0.15) is 29.3 Å². The first-order chi connectivity index (χ1) is 8.70. The molecular weight excluding hydrogens is 224 g/mol. The second-order valence-corrected chi connectivity index (χ2v) is 4.56. The normalized spacial score (nSPS) is 10.8. The third kappa shape index (κ3) is 2.96. The Labute approximate surface area is 108 Å². The molecule has 0 saturated carbocycles. The molecule has 1 heterocycles. The lowest BCUT2D eigenvalue weighted by atomic mass is 10.0. The van der Waals surface area contributed by atoms with E-state index in [1.807, 2.05) is 10.9 Å². The molecule has 4 heteroatoms. The number of aromatic nitrogens is 3. The van der Waals surface area contributed by atoms with Crippen LogP contribution >= 0.6 is 0 Å². The average molecular weight is 244 g/mol. The van der Waals surface area contributed by atoms with E-state index in [2.05, 4.69) is 54.6 Å². The number of hydrogen-bond donors (Lipinski definition) is 1. The maximum atomic E-state index is 4.17. The quantitative estimate of drug-likeness (QED) is 0.875. The van der Waals surface area contributed by atoms with Crippen molar-refractivity contribution in [1.29, 1.82) is 0 Å². The van der Waals surface area contributed by atoms with Crippen LogP contribution in [-0.4, -0.2) is 21.5 Å². The summed E-state index contributed by atoms with van der Waals surface area (Å²) in [5, 5.41) is 11.6. The smallest absolute Gasteiger partial charge is 0.0964 e. The van der Waals surface area contributed by atoms with Crippen molar-refractivity contribution in [2.75, 3.05) is 6.54 Å². The summed E-state index contributed by atoms with van der Waals surface area (Å²) in [6.07, 6.45) is 2.01. The Hall–Kier alpha value is -1.68. The zero-order valence-corrected chi connectivity index (χ0v) is 11.3. The third-order valence-electron chi connectivity index (χ3n) is 3.11. The molecule has 0 aliphatic rings. The van der Waals surface area contributed by atoms with E-state index in [1.165, 1.54) is 16.7 Å². The second kappa shape index (κ2) is 5.78. The topological polar surface area (TPSA) is 42.7 Å². The standard InChI is InChI=1S/C14H20N4/c1-4-15-8-13-9-18(17-16-13)10-14-11(2)6-5-7-12(14)3/h5-7,9,15H,4,8,10H2,1-3H3. The molecule has 2 rings (SSSR count). The van der Waals surface area contributed by atoms with Crippen molar-refractivity contribution in [3.05, 3.63) is 46.8 Å². The summed E-state index contributed by atoms with van der Waals surface area (Å²) < 4.78 is 1.90. The van der Waals surface area contributed by atoms with Gasteiger partial charge in [-0.2, -0.15) is 0 Å². The number of hydrogen-bond acceptors (Lipinski definition) is 3. The number of rotatable bonds is 5. The fourth-order valence-electron chi connectivity index (χ4n) is 2.01. The minimum absolute atomic E-state index is 0.781. The Kier molecular flexibility index (Phi) is 4.10. The molecule has 0 saturated heterocycles. The van der Waals surface area contributed by atoms with Gasteiger partial charge in [-0.15, -0.1) is 5.10 Å². The van der Waals surface area contributed by atoms with E-state index in [-0.39, 0.29) is 0 Å². The van der Waals surface area contributed by atoms with Gasteiger partial charge >= 0.3 is 0 Å². The highest BCUT2D eigenvalue weighted by Gasteiger charge is 2.05. The minimum Gasteiger partial charge on any atom is -0.311 e. The van der Waals surface area contributed by atoms with Crippen molar-refractivity contribution >= 4 is 0 Å². The zero-order valence-electron chi connectivity index (χ0n) is 11.3. The largest absolute Gasteiger partial charge is 0.311 e. The number of nitrogens with one attached hydrogen (secondary N) is 1. The van der Waals surface area contributed by atoms with E-state index in [0.717, 1.165) is 25.3 Å². The molecular formula is C14H20N4. The van der Waals surface area contributed by atoms with E-state index in [1.54, 1.807) is 0 Å². The van der Waals surface area contributed by atoms with E-state index in [4.69, 9.17) is 0 Å². The summed E-state index contributed by atoms with van der Waals surface area (Å²) >= 11 is 0. The molecule has 0 radical (unpaired) electrons. The highest BCUT2D eigenvalue weighted by Crippen LogP contribution is 2.14. The molecule has 0 aliphatic carbocycles. The number of aryl methyl sites for hydroxylation is 2. The van der Waals surface area contributed by atoms with E-state index in [9.17, 15) is 0 Å². The van der Waals surface area contributed by atoms with Crippen LogP contribution in [0.5, 0.6) is 0 Å². The van der Waals surface area contributed by atoms with Gasteiger partial charge in [-0.1, -0.05) is 30.3 Å². The van der Waals surface area contributed by atoms with Crippen LogP contribution in [0.15, 0.2) is 24.4 Å². The zero-order chi connectivity index (χ0) is 13.0. The van der Waals surface area contributed by atoms with Crippen LogP contribution in [0.2, 0.25) is 0 Å². The molecule has 0 aliphatic heterocycles. The van der Waals surface area contributed by atoms with E-state index in [0.29, 0.717) is 0 Å². The highest BCUT2D eigenvalue weighted by atomic mass is 15.4. The lowest BCUT2D eigenvalue weighted by Gasteiger charge is -2.08. The first kappa shape index (κ1) is 12.8. The molecule has 0 amide bonds. The van der Waals surface area contributed by atoms with Crippen molar-refractivity contribution in [3.63, 3.8) is 0 Å². The molecule has 0 bridgehead atoms. The van der Waals surface area contributed by atoms with Crippen LogP contribution in [0.25, 0.3) is 0 Å². The molecule has 96 valence electrons. The van der Waals surface area contributed by atoms with Crippen LogP contribution in [0, 0.1) is 13.8 Å². The molecule has 0 spiro atoms. The first-order valence-electron chi connectivity index (χ1n) is 6.35. The molecule has 0 atom stereocenters. The van der Waals surface area contributed by atoms with Gasteiger partial charge in [-0.05, 0) is 37.1 Å². The Balaban J connectivity index is 2.11. The average Bonchev–Trinajstić information content (AvgIpc) is 2.79. The molecule has 0 fully saturated rings. The fraction of sp³-hybridized carbons (Fsp3) is 0.429. The van der Waals surface area contributed by atoms with Gasteiger partial charge in [0.2, 0.25) is 0 Å². The van der Waals surface area contributed by atoms with Crippen molar-refractivity contribution in [1.82, 2.24) is 20.3 Å². The van der Waals surface area contributed by atoms with Gasteiger partial charge in [-0.3, -0.25) is 0 Å².